The second kappa shape index (κ2) is 10.0. The van der Waals surface area contributed by atoms with Crippen molar-refractivity contribution in [3.63, 3.8) is 0 Å². The van der Waals surface area contributed by atoms with E-state index in [9.17, 15) is 9.59 Å². The summed E-state index contributed by atoms with van der Waals surface area (Å²) in [6.45, 7) is 5.08. The molecule has 1 unspecified atom stereocenters. The lowest BCUT2D eigenvalue weighted by Gasteiger charge is -2.23. The number of anilines is 1. The number of para-hydroxylation sites is 2. The number of rotatable bonds is 7. The third kappa shape index (κ3) is 6.05. The SMILES string of the molecule is CC[NH+](CC(=O)Nc1ccccc1OC)CC(=O)N1CCCCCC1. The van der Waals surface area contributed by atoms with E-state index in [0.29, 0.717) is 18.0 Å². The summed E-state index contributed by atoms with van der Waals surface area (Å²) in [7, 11) is 1.58. The van der Waals surface area contributed by atoms with Gasteiger partial charge < -0.3 is 19.9 Å². The summed E-state index contributed by atoms with van der Waals surface area (Å²) in [6, 6.07) is 7.33. The monoisotopic (exact) mass is 348 g/mol. The van der Waals surface area contributed by atoms with E-state index in [1.807, 2.05) is 36.1 Å². The molecule has 1 fully saturated rings. The smallest absolute Gasteiger partial charge is 0.279 e. The zero-order valence-corrected chi connectivity index (χ0v) is 15.3. The van der Waals surface area contributed by atoms with Gasteiger partial charge in [0, 0.05) is 13.1 Å². The Morgan fingerprint density at radius 1 is 1.12 bits per heavy atom. The Labute approximate surface area is 150 Å². The quantitative estimate of drug-likeness (QED) is 0.771. The number of nitrogens with zero attached hydrogens (tertiary/aromatic N) is 1. The zero-order chi connectivity index (χ0) is 18.1. The molecule has 1 aliphatic rings. The Morgan fingerprint density at radius 3 is 2.44 bits per heavy atom. The van der Waals surface area contributed by atoms with Gasteiger partial charge in [0.05, 0.1) is 19.3 Å². The fraction of sp³-hybridized carbons (Fsp3) is 0.579. The van der Waals surface area contributed by atoms with Crippen LogP contribution in [0, 0.1) is 0 Å². The van der Waals surface area contributed by atoms with Crippen LogP contribution in [0.5, 0.6) is 5.75 Å². The van der Waals surface area contributed by atoms with Gasteiger partial charge in [-0.3, -0.25) is 9.59 Å². The number of likely N-dealkylation sites (tertiary alicyclic amines) is 1. The third-order valence-electron chi connectivity index (χ3n) is 4.65. The molecule has 2 rings (SSSR count). The van der Waals surface area contributed by atoms with Gasteiger partial charge in [-0.25, -0.2) is 0 Å². The summed E-state index contributed by atoms with van der Waals surface area (Å²) < 4.78 is 5.25. The van der Waals surface area contributed by atoms with Crippen molar-refractivity contribution in [2.24, 2.45) is 0 Å². The topological polar surface area (TPSA) is 63.1 Å². The molecule has 0 bridgehead atoms. The van der Waals surface area contributed by atoms with Crippen LogP contribution in [0.25, 0.3) is 0 Å². The number of quaternary nitrogens is 1. The van der Waals surface area contributed by atoms with Crippen LogP contribution in [-0.2, 0) is 9.59 Å². The number of likely N-dealkylation sites (N-methyl/N-ethyl adjacent to an activating group) is 1. The Kier molecular flexibility index (Phi) is 7.73. The van der Waals surface area contributed by atoms with E-state index in [1.54, 1.807) is 7.11 Å². The lowest BCUT2D eigenvalue weighted by molar-refractivity contribution is -0.882. The van der Waals surface area contributed by atoms with E-state index in [2.05, 4.69) is 5.32 Å². The normalized spacial score (nSPS) is 16.0. The van der Waals surface area contributed by atoms with Crippen molar-refractivity contribution in [1.29, 1.82) is 0 Å². The summed E-state index contributed by atoms with van der Waals surface area (Å²) in [4.78, 5) is 27.8. The van der Waals surface area contributed by atoms with Crippen LogP contribution in [0.3, 0.4) is 0 Å². The molecule has 1 saturated heterocycles. The van der Waals surface area contributed by atoms with Crippen LogP contribution in [0.4, 0.5) is 5.69 Å². The van der Waals surface area contributed by atoms with Crippen LogP contribution < -0.4 is 15.0 Å². The molecule has 1 heterocycles. The molecule has 25 heavy (non-hydrogen) atoms. The maximum atomic E-state index is 12.5. The summed E-state index contributed by atoms with van der Waals surface area (Å²) in [5.74, 6) is 0.684. The minimum absolute atomic E-state index is 0.106. The standard InChI is InChI=1S/C19H29N3O3/c1-3-21(15-19(24)22-12-8-4-5-9-13-22)14-18(23)20-16-10-6-7-11-17(16)25-2/h6-7,10-11H,3-5,8-9,12-15H2,1-2H3,(H,20,23)/p+1. The number of benzene rings is 1. The molecule has 1 aliphatic heterocycles. The molecule has 0 saturated carbocycles. The van der Waals surface area contributed by atoms with E-state index < -0.39 is 0 Å². The lowest BCUT2D eigenvalue weighted by atomic mass is 10.2. The first-order chi connectivity index (χ1) is 12.1. The average Bonchev–Trinajstić information content (AvgIpc) is 2.91. The molecule has 2 amide bonds. The number of hydrogen-bond donors (Lipinski definition) is 2. The number of carbonyl (C=O) groups excluding carboxylic acids is 2. The van der Waals surface area contributed by atoms with Gasteiger partial charge in [-0.15, -0.1) is 0 Å². The summed E-state index contributed by atoms with van der Waals surface area (Å²) in [5, 5.41) is 2.88. The molecule has 0 radical (unpaired) electrons. The van der Waals surface area contributed by atoms with Crippen LogP contribution in [-0.4, -0.2) is 56.5 Å². The largest absolute Gasteiger partial charge is 0.495 e. The molecule has 0 aliphatic carbocycles. The fourth-order valence-corrected chi connectivity index (χ4v) is 3.13. The maximum absolute atomic E-state index is 12.5. The van der Waals surface area contributed by atoms with Crippen molar-refractivity contribution in [3.05, 3.63) is 24.3 Å². The molecule has 0 aromatic heterocycles. The van der Waals surface area contributed by atoms with Gasteiger partial charge in [0.15, 0.2) is 13.1 Å². The summed E-state index contributed by atoms with van der Waals surface area (Å²) in [6.07, 6.45) is 4.58. The van der Waals surface area contributed by atoms with Gasteiger partial charge in [0.2, 0.25) is 0 Å². The highest BCUT2D eigenvalue weighted by Gasteiger charge is 2.22. The van der Waals surface area contributed by atoms with Gasteiger partial charge in [-0.1, -0.05) is 25.0 Å². The Morgan fingerprint density at radius 2 is 1.80 bits per heavy atom. The fourth-order valence-electron chi connectivity index (χ4n) is 3.13. The van der Waals surface area contributed by atoms with Crippen LogP contribution in [0.1, 0.15) is 32.6 Å². The van der Waals surface area contributed by atoms with E-state index in [-0.39, 0.29) is 18.4 Å². The molecule has 2 N–H and O–H groups in total. The number of ether oxygens (including phenoxy) is 1. The van der Waals surface area contributed by atoms with Gasteiger partial charge in [-0.05, 0) is 31.9 Å². The second-order valence-electron chi connectivity index (χ2n) is 6.50. The van der Waals surface area contributed by atoms with E-state index in [4.69, 9.17) is 4.74 Å². The van der Waals surface area contributed by atoms with Crippen molar-refractivity contribution in [1.82, 2.24) is 4.90 Å². The molecular weight excluding hydrogens is 318 g/mol. The third-order valence-corrected chi connectivity index (χ3v) is 4.65. The highest BCUT2D eigenvalue weighted by molar-refractivity contribution is 5.93. The number of amides is 2. The molecule has 1 aromatic carbocycles. The highest BCUT2D eigenvalue weighted by Crippen LogP contribution is 2.22. The lowest BCUT2D eigenvalue weighted by Crippen LogP contribution is -3.14. The van der Waals surface area contributed by atoms with Crippen LogP contribution in [0.2, 0.25) is 0 Å². The molecule has 1 aromatic rings. The van der Waals surface area contributed by atoms with Crippen molar-refractivity contribution in [2.75, 3.05) is 45.2 Å². The summed E-state index contributed by atoms with van der Waals surface area (Å²) in [5.41, 5.74) is 0.657. The maximum Gasteiger partial charge on any atom is 0.279 e. The predicted molar refractivity (Wildman–Crippen MR) is 97.9 cm³/mol. The molecule has 6 nitrogen and oxygen atoms in total. The Bertz CT molecular complexity index is 569. The van der Waals surface area contributed by atoms with Crippen molar-refractivity contribution < 1.29 is 19.2 Å². The van der Waals surface area contributed by atoms with E-state index in [0.717, 1.165) is 37.4 Å². The van der Waals surface area contributed by atoms with Crippen molar-refractivity contribution in [3.8, 4) is 5.75 Å². The van der Waals surface area contributed by atoms with E-state index in [1.165, 1.54) is 12.8 Å². The number of methoxy groups -OCH3 is 1. The predicted octanol–water partition coefficient (Wildman–Crippen LogP) is 0.941. The first-order valence-electron chi connectivity index (χ1n) is 9.18. The Balaban J connectivity index is 1.87. The zero-order valence-electron chi connectivity index (χ0n) is 15.3. The Hall–Kier alpha value is -2.08. The minimum Gasteiger partial charge on any atom is -0.495 e. The molecule has 138 valence electrons. The molecule has 6 heteroatoms. The van der Waals surface area contributed by atoms with Crippen molar-refractivity contribution in [2.45, 2.75) is 32.6 Å². The first-order valence-corrected chi connectivity index (χ1v) is 9.18. The van der Waals surface area contributed by atoms with Crippen LogP contribution >= 0.6 is 0 Å². The highest BCUT2D eigenvalue weighted by atomic mass is 16.5. The number of carbonyl (C=O) groups is 2. The summed E-state index contributed by atoms with van der Waals surface area (Å²) >= 11 is 0. The number of nitrogens with one attached hydrogen (secondary N) is 2. The first kappa shape index (κ1) is 19.2. The molecule has 1 atom stereocenters. The minimum atomic E-state index is -0.106. The molecule has 0 spiro atoms. The van der Waals surface area contributed by atoms with Crippen LogP contribution in [0.15, 0.2) is 24.3 Å². The second-order valence-corrected chi connectivity index (χ2v) is 6.50. The van der Waals surface area contributed by atoms with Gasteiger partial charge in [-0.2, -0.15) is 0 Å². The molecular formula is C19H30N3O3+. The van der Waals surface area contributed by atoms with E-state index >= 15 is 0 Å². The average molecular weight is 348 g/mol. The van der Waals surface area contributed by atoms with Gasteiger partial charge in [0.25, 0.3) is 11.8 Å². The number of hydrogen-bond acceptors (Lipinski definition) is 3. The van der Waals surface area contributed by atoms with Gasteiger partial charge in [0.1, 0.15) is 5.75 Å². The van der Waals surface area contributed by atoms with Crippen molar-refractivity contribution >= 4 is 17.5 Å². The van der Waals surface area contributed by atoms with Gasteiger partial charge >= 0.3 is 0 Å².